The highest BCUT2D eigenvalue weighted by Crippen LogP contribution is 2.27. The van der Waals surface area contributed by atoms with Gasteiger partial charge in [0, 0.05) is 44.3 Å². The molecule has 3 aromatic rings. The van der Waals surface area contributed by atoms with Crippen LogP contribution in [0.2, 0.25) is 0 Å². The molecule has 10 heteroatoms. The zero-order valence-electron chi connectivity index (χ0n) is 22.3. The monoisotopic (exact) mass is 551 g/mol. The van der Waals surface area contributed by atoms with E-state index in [-0.39, 0.29) is 41.5 Å². The Morgan fingerprint density at radius 1 is 1.05 bits per heavy atom. The number of hydrogen-bond acceptors (Lipinski definition) is 6. The van der Waals surface area contributed by atoms with E-state index in [2.05, 4.69) is 0 Å². The fourth-order valence-corrected chi connectivity index (χ4v) is 7.01. The molecule has 5 rings (SSSR count). The maximum absolute atomic E-state index is 13.7. The topological polar surface area (TPSA) is 106 Å². The third kappa shape index (κ3) is 5.10. The number of pyridine rings is 1. The summed E-state index contributed by atoms with van der Waals surface area (Å²) in [5.74, 6) is -1.23. The highest BCUT2D eigenvalue weighted by atomic mass is 32.2. The van der Waals surface area contributed by atoms with Gasteiger partial charge in [0.1, 0.15) is 5.56 Å². The molecule has 2 aromatic carbocycles. The number of carbonyl (C=O) groups is 2. The molecule has 1 aromatic heterocycles. The Kier molecular flexibility index (Phi) is 7.59. The first-order chi connectivity index (χ1) is 18.7. The molecular weight excluding hydrogens is 518 g/mol. The van der Waals surface area contributed by atoms with Crippen LogP contribution in [0.5, 0.6) is 0 Å². The number of hydrogen-bond donors (Lipinski definition) is 0. The molecule has 3 heterocycles. The van der Waals surface area contributed by atoms with Gasteiger partial charge in [0.05, 0.1) is 22.9 Å². The molecule has 0 saturated carbocycles. The predicted molar refractivity (Wildman–Crippen MR) is 147 cm³/mol. The molecule has 0 aliphatic carbocycles. The fourth-order valence-electron chi connectivity index (χ4n) is 5.56. The van der Waals surface area contributed by atoms with E-state index >= 15 is 0 Å². The summed E-state index contributed by atoms with van der Waals surface area (Å²) in [4.78, 5) is 41.0. The third-order valence-electron chi connectivity index (χ3n) is 7.68. The molecule has 206 valence electrons. The number of likely N-dealkylation sites (tertiary alicyclic amines) is 1. The molecule has 9 nitrogen and oxygen atoms in total. The molecule has 1 atom stereocenters. The highest BCUT2D eigenvalue weighted by Gasteiger charge is 2.32. The quantitative estimate of drug-likeness (QED) is 0.436. The summed E-state index contributed by atoms with van der Waals surface area (Å²) in [7, 11) is -3.87. The molecule has 39 heavy (non-hydrogen) atoms. The maximum Gasteiger partial charge on any atom is 0.310 e. The number of nitrogens with zero attached hydrogens (tertiary/aromatic N) is 3. The van der Waals surface area contributed by atoms with Crippen LogP contribution < -0.4 is 5.43 Å². The molecule has 0 radical (unpaired) electrons. The Hall–Kier alpha value is -3.50. The number of rotatable bonds is 6. The summed E-state index contributed by atoms with van der Waals surface area (Å²) in [6, 6.07) is 12.4. The van der Waals surface area contributed by atoms with Crippen molar-refractivity contribution in [1.29, 1.82) is 0 Å². The van der Waals surface area contributed by atoms with Crippen LogP contribution in [0.4, 0.5) is 0 Å². The van der Waals surface area contributed by atoms with Gasteiger partial charge in [-0.3, -0.25) is 14.4 Å². The Bertz CT molecular complexity index is 1600. The van der Waals surface area contributed by atoms with Gasteiger partial charge in [-0.25, -0.2) is 8.42 Å². The van der Waals surface area contributed by atoms with Crippen molar-refractivity contribution >= 4 is 32.8 Å². The van der Waals surface area contributed by atoms with Gasteiger partial charge >= 0.3 is 5.97 Å². The number of amides is 1. The molecule has 0 spiro atoms. The van der Waals surface area contributed by atoms with Gasteiger partial charge in [0.15, 0.2) is 0 Å². The van der Waals surface area contributed by atoms with Crippen molar-refractivity contribution in [3.63, 3.8) is 0 Å². The van der Waals surface area contributed by atoms with E-state index in [1.54, 1.807) is 17.6 Å². The van der Waals surface area contributed by atoms with Crippen LogP contribution in [-0.2, 0) is 39.1 Å². The van der Waals surface area contributed by atoms with Crippen molar-refractivity contribution < 1.29 is 22.7 Å². The minimum Gasteiger partial charge on any atom is -0.466 e. The van der Waals surface area contributed by atoms with Crippen molar-refractivity contribution in [2.75, 3.05) is 26.2 Å². The first-order valence-electron chi connectivity index (χ1n) is 13.4. The largest absolute Gasteiger partial charge is 0.466 e. The summed E-state index contributed by atoms with van der Waals surface area (Å²) in [6.07, 6.45) is 3.41. The first-order valence-corrected chi connectivity index (χ1v) is 14.9. The number of aromatic nitrogens is 1. The second-order valence-corrected chi connectivity index (χ2v) is 12.0. The summed E-state index contributed by atoms with van der Waals surface area (Å²) < 4.78 is 35.6. The van der Waals surface area contributed by atoms with Crippen LogP contribution in [0.1, 0.15) is 48.2 Å². The van der Waals surface area contributed by atoms with Crippen LogP contribution in [-0.4, -0.2) is 60.3 Å². The lowest BCUT2D eigenvalue weighted by atomic mass is 9.97. The molecule has 0 unspecified atom stereocenters. The van der Waals surface area contributed by atoms with E-state index in [0.717, 1.165) is 11.1 Å². The standard InChI is InChI=1S/C29H33N3O6S/c1-3-30-19-25(28(34)31-14-7-10-22(17-31)29(35)38-4-2)27(33)24-16-23(11-12-26(24)30)39(36,37)32-15-13-20-8-5-6-9-21(20)18-32/h5-6,8-9,11-12,16,19,22H,3-4,7,10,13-15,17-18H2,1-2H3/t22-/m1/s1. The van der Waals surface area contributed by atoms with Gasteiger partial charge in [0.25, 0.3) is 5.91 Å². The summed E-state index contributed by atoms with van der Waals surface area (Å²) in [6.45, 7) is 5.63. The molecule has 2 aliphatic heterocycles. The highest BCUT2D eigenvalue weighted by molar-refractivity contribution is 7.89. The van der Waals surface area contributed by atoms with Gasteiger partial charge in [-0.05, 0) is 62.4 Å². The van der Waals surface area contributed by atoms with Gasteiger partial charge in [0.2, 0.25) is 15.5 Å². The van der Waals surface area contributed by atoms with E-state index in [1.165, 1.54) is 27.5 Å². The number of carbonyl (C=O) groups excluding carboxylic acids is 2. The van der Waals surface area contributed by atoms with Crippen molar-refractivity contribution in [2.45, 2.75) is 51.1 Å². The molecule has 1 amide bonds. The van der Waals surface area contributed by atoms with Crippen LogP contribution in [0.3, 0.4) is 0 Å². The van der Waals surface area contributed by atoms with E-state index in [0.29, 0.717) is 44.4 Å². The van der Waals surface area contributed by atoms with Crippen molar-refractivity contribution in [3.05, 3.63) is 75.6 Å². The SMILES string of the molecule is CCOC(=O)[C@@H]1CCCN(C(=O)c2cn(CC)c3ccc(S(=O)(=O)N4CCc5ccccc5C4)cc3c2=O)C1. The lowest BCUT2D eigenvalue weighted by Gasteiger charge is -2.31. The smallest absolute Gasteiger partial charge is 0.310 e. The number of ether oxygens (including phenoxy) is 1. The number of esters is 1. The minimum atomic E-state index is -3.87. The van der Waals surface area contributed by atoms with Gasteiger partial charge in [-0.15, -0.1) is 0 Å². The van der Waals surface area contributed by atoms with Gasteiger partial charge in [-0.1, -0.05) is 24.3 Å². The van der Waals surface area contributed by atoms with Gasteiger partial charge < -0.3 is 14.2 Å². The van der Waals surface area contributed by atoms with E-state index in [4.69, 9.17) is 4.74 Å². The molecular formula is C29H33N3O6S. The third-order valence-corrected chi connectivity index (χ3v) is 9.53. The van der Waals surface area contributed by atoms with Crippen LogP contribution in [0.15, 0.2) is 58.4 Å². The second-order valence-electron chi connectivity index (χ2n) is 10.0. The normalized spacial score (nSPS) is 18.1. The zero-order valence-corrected chi connectivity index (χ0v) is 23.1. The number of sulfonamides is 1. The van der Waals surface area contributed by atoms with Crippen LogP contribution >= 0.6 is 0 Å². The number of aryl methyl sites for hydroxylation is 1. The first kappa shape index (κ1) is 27.1. The van der Waals surface area contributed by atoms with E-state index in [9.17, 15) is 22.8 Å². The van der Waals surface area contributed by atoms with Crippen LogP contribution in [0, 0.1) is 5.92 Å². The van der Waals surface area contributed by atoms with Crippen LogP contribution in [0.25, 0.3) is 10.9 Å². The predicted octanol–water partition coefficient (Wildman–Crippen LogP) is 3.18. The summed E-state index contributed by atoms with van der Waals surface area (Å²) >= 11 is 0. The van der Waals surface area contributed by atoms with E-state index < -0.39 is 27.3 Å². The minimum absolute atomic E-state index is 0.0269. The van der Waals surface area contributed by atoms with E-state index in [1.807, 2.05) is 31.2 Å². The average molecular weight is 552 g/mol. The number of piperidine rings is 1. The Morgan fingerprint density at radius 3 is 2.56 bits per heavy atom. The Balaban J connectivity index is 1.50. The summed E-state index contributed by atoms with van der Waals surface area (Å²) in [5, 5.41) is 0.181. The molecule has 0 bridgehead atoms. The Labute approximate surface area is 228 Å². The lowest BCUT2D eigenvalue weighted by molar-refractivity contribution is -0.149. The lowest BCUT2D eigenvalue weighted by Crippen LogP contribution is -2.44. The van der Waals surface area contributed by atoms with Gasteiger partial charge in [-0.2, -0.15) is 4.31 Å². The second kappa shape index (κ2) is 10.9. The summed E-state index contributed by atoms with van der Waals surface area (Å²) in [5.41, 5.74) is 2.12. The number of fused-ring (bicyclic) bond motifs is 2. The maximum atomic E-state index is 13.7. The molecule has 2 aliphatic rings. The molecule has 1 saturated heterocycles. The zero-order chi connectivity index (χ0) is 27.7. The van der Waals surface area contributed by atoms with Crippen molar-refractivity contribution in [3.8, 4) is 0 Å². The molecule has 0 N–H and O–H groups in total. The molecule has 1 fully saturated rings. The van der Waals surface area contributed by atoms with Crippen molar-refractivity contribution in [1.82, 2.24) is 13.8 Å². The fraction of sp³-hybridized carbons (Fsp3) is 0.414. The van der Waals surface area contributed by atoms with Crippen molar-refractivity contribution in [2.24, 2.45) is 5.92 Å². The Morgan fingerprint density at radius 2 is 1.82 bits per heavy atom. The number of benzene rings is 2. The average Bonchev–Trinajstić information content (AvgIpc) is 2.96.